The Bertz CT molecular complexity index is 642. The number of nitrogens with zero attached hydrogens (tertiary/aromatic N) is 2. The molecule has 2 aromatic rings. The first-order valence-electron chi connectivity index (χ1n) is 5.98. The highest BCUT2D eigenvalue weighted by Gasteiger charge is 2.33. The number of benzene rings is 1. The summed E-state index contributed by atoms with van der Waals surface area (Å²) in [5.41, 5.74) is 1.09. The molecule has 6 nitrogen and oxygen atoms in total. The van der Waals surface area contributed by atoms with Gasteiger partial charge in [0.1, 0.15) is 5.75 Å². The summed E-state index contributed by atoms with van der Waals surface area (Å²) in [5, 5.41) is 14.8. The van der Waals surface area contributed by atoms with Crippen LogP contribution in [0.4, 0.5) is 5.69 Å². The number of nitro groups is 1. The monoisotopic (exact) mass is 418 g/mol. The third-order valence-corrected chi connectivity index (χ3v) is 5.69. The van der Waals surface area contributed by atoms with Crippen LogP contribution in [0.25, 0.3) is 0 Å². The van der Waals surface area contributed by atoms with Crippen LogP contribution in [0, 0.1) is 17.0 Å². The molecule has 2 atom stereocenters. The fraction of sp³-hybridized carbons (Fsp3) is 0.308. The zero-order chi connectivity index (χ0) is 15.6. The smallest absolute Gasteiger partial charge is 0.335 e. The van der Waals surface area contributed by atoms with Gasteiger partial charge in [0.25, 0.3) is 0 Å². The van der Waals surface area contributed by atoms with Gasteiger partial charge in [-0.1, -0.05) is 49.1 Å². The minimum Gasteiger partial charge on any atom is -0.497 e. The minimum atomic E-state index is -0.483. The second-order valence-electron chi connectivity index (χ2n) is 4.31. The molecule has 1 aromatic heterocycles. The van der Waals surface area contributed by atoms with Crippen molar-refractivity contribution >= 4 is 37.5 Å². The molecule has 0 spiro atoms. The van der Waals surface area contributed by atoms with Gasteiger partial charge in [0.15, 0.2) is 5.69 Å². The van der Waals surface area contributed by atoms with E-state index in [9.17, 15) is 10.1 Å². The quantitative estimate of drug-likeness (QED) is 0.405. The lowest BCUT2D eigenvalue weighted by Gasteiger charge is -2.14. The lowest BCUT2D eigenvalue weighted by molar-refractivity contribution is -0.386. The van der Waals surface area contributed by atoms with Gasteiger partial charge in [-0.25, -0.2) is 0 Å². The Morgan fingerprint density at radius 1 is 1.29 bits per heavy atom. The van der Waals surface area contributed by atoms with Crippen molar-refractivity contribution in [1.29, 1.82) is 0 Å². The Hall–Kier alpha value is -1.41. The molecule has 0 aliphatic rings. The molecule has 0 aliphatic carbocycles. The largest absolute Gasteiger partial charge is 0.497 e. The van der Waals surface area contributed by atoms with Crippen molar-refractivity contribution in [3.05, 3.63) is 51.4 Å². The molecule has 21 heavy (non-hydrogen) atoms. The summed E-state index contributed by atoms with van der Waals surface area (Å²) in [7, 11) is 1.59. The molecule has 0 radical (unpaired) electrons. The van der Waals surface area contributed by atoms with Crippen molar-refractivity contribution in [3.63, 3.8) is 0 Å². The standard InChI is InChI=1S/C13H12Br2N2O4/c1-7-12(17(18)19)13(21-16-7)11(15)10(14)8-3-5-9(20-2)6-4-8/h3-6,10-11H,1-2H3/t10-,11-/m0/s1. The molecular weight excluding hydrogens is 408 g/mol. The average molecular weight is 420 g/mol. The van der Waals surface area contributed by atoms with E-state index >= 15 is 0 Å². The maximum absolute atomic E-state index is 11.1. The zero-order valence-corrected chi connectivity index (χ0v) is 14.4. The van der Waals surface area contributed by atoms with Gasteiger partial charge in [-0.3, -0.25) is 10.1 Å². The number of aromatic nitrogens is 1. The van der Waals surface area contributed by atoms with E-state index in [1.165, 1.54) is 0 Å². The number of hydrogen-bond donors (Lipinski definition) is 0. The van der Waals surface area contributed by atoms with E-state index in [1.807, 2.05) is 24.3 Å². The number of aryl methyl sites for hydroxylation is 1. The summed E-state index contributed by atoms with van der Waals surface area (Å²) in [5.74, 6) is 0.932. The van der Waals surface area contributed by atoms with Crippen molar-refractivity contribution in [2.24, 2.45) is 0 Å². The summed E-state index contributed by atoms with van der Waals surface area (Å²) in [6.45, 7) is 1.54. The van der Waals surface area contributed by atoms with Gasteiger partial charge in [-0.2, -0.15) is 0 Å². The first-order chi connectivity index (χ1) is 9.95. The van der Waals surface area contributed by atoms with Gasteiger partial charge in [-0.05, 0) is 24.6 Å². The van der Waals surface area contributed by atoms with E-state index in [1.54, 1.807) is 14.0 Å². The molecule has 8 heteroatoms. The predicted octanol–water partition coefficient (Wildman–Crippen LogP) is 4.47. The Kier molecular flexibility index (Phi) is 5.00. The van der Waals surface area contributed by atoms with Crippen LogP contribution < -0.4 is 4.74 Å². The van der Waals surface area contributed by atoms with Gasteiger partial charge in [0.05, 0.1) is 21.7 Å². The van der Waals surface area contributed by atoms with Crippen molar-refractivity contribution in [1.82, 2.24) is 5.16 Å². The topological polar surface area (TPSA) is 78.4 Å². The SMILES string of the molecule is COc1ccc([C@H](Br)[C@H](Br)c2onc(C)c2[N+](=O)[O-])cc1. The third kappa shape index (κ3) is 3.26. The van der Waals surface area contributed by atoms with E-state index in [4.69, 9.17) is 9.26 Å². The molecule has 112 valence electrons. The molecule has 1 aromatic carbocycles. The van der Waals surface area contributed by atoms with E-state index in [2.05, 4.69) is 37.0 Å². The molecule has 0 N–H and O–H groups in total. The molecule has 0 saturated heterocycles. The Morgan fingerprint density at radius 2 is 1.90 bits per heavy atom. The second-order valence-corrected chi connectivity index (χ2v) is 6.29. The molecule has 2 rings (SSSR count). The van der Waals surface area contributed by atoms with Crippen molar-refractivity contribution in [2.45, 2.75) is 16.6 Å². The van der Waals surface area contributed by atoms with Crippen molar-refractivity contribution in [2.75, 3.05) is 7.11 Å². The lowest BCUT2D eigenvalue weighted by atomic mass is 10.1. The van der Waals surface area contributed by atoms with E-state index in [0.29, 0.717) is 0 Å². The van der Waals surface area contributed by atoms with E-state index in [0.717, 1.165) is 11.3 Å². The number of halogens is 2. The Balaban J connectivity index is 2.30. The lowest BCUT2D eigenvalue weighted by Crippen LogP contribution is -2.02. The van der Waals surface area contributed by atoms with Crippen molar-refractivity contribution < 1.29 is 14.2 Å². The summed E-state index contributed by atoms with van der Waals surface area (Å²) in [6.07, 6.45) is 0. The average Bonchev–Trinajstić information content (AvgIpc) is 2.87. The Labute approximate surface area is 137 Å². The molecule has 0 amide bonds. The van der Waals surface area contributed by atoms with Crippen LogP contribution in [0.15, 0.2) is 28.8 Å². The number of rotatable bonds is 5. The van der Waals surface area contributed by atoms with Crippen LogP contribution in [0.2, 0.25) is 0 Å². The highest BCUT2D eigenvalue weighted by molar-refractivity contribution is 9.12. The molecule has 0 aliphatic heterocycles. The van der Waals surface area contributed by atoms with Gasteiger partial charge >= 0.3 is 5.69 Å². The molecule has 0 unspecified atom stereocenters. The van der Waals surface area contributed by atoms with Gasteiger partial charge < -0.3 is 9.26 Å². The molecule has 0 fully saturated rings. The number of alkyl halides is 2. The fourth-order valence-corrected chi connectivity index (χ4v) is 3.03. The molecule has 0 bridgehead atoms. The van der Waals surface area contributed by atoms with Crippen LogP contribution in [0.5, 0.6) is 5.75 Å². The van der Waals surface area contributed by atoms with Gasteiger partial charge in [-0.15, -0.1) is 0 Å². The summed E-state index contributed by atoms with van der Waals surface area (Å²) >= 11 is 6.97. The van der Waals surface area contributed by atoms with Crippen LogP contribution in [0.3, 0.4) is 0 Å². The van der Waals surface area contributed by atoms with E-state index in [-0.39, 0.29) is 22.0 Å². The zero-order valence-electron chi connectivity index (χ0n) is 11.2. The number of ether oxygens (including phenoxy) is 1. The van der Waals surface area contributed by atoms with E-state index < -0.39 is 9.75 Å². The number of hydrogen-bond acceptors (Lipinski definition) is 5. The summed E-state index contributed by atoms with van der Waals surface area (Å²) < 4.78 is 10.2. The predicted molar refractivity (Wildman–Crippen MR) is 84.2 cm³/mol. The van der Waals surface area contributed by atoms with Crippen molar-refractivity contribution in [3.8, 4) is 5.75 Å². The highest BCUT2D eigenvalue weighted by atomic mass is 79.9. The van der Waals surface area contributed by atoms with Crippen LogP contribution >= 0.6 is 31.9 Å². The maximum Gasteiger partial charge on any atom is 0.335 e. The van der Waals surface area contributed by atoms with Crippen LogP contribution in [-0.4, -0.2) is 17.2 Å². The Morgan fingerprint density at radius 3 is 2.43 bits per heavy atom. The first-order valence-corrected chi connectivity index (χ1v) is 7.81. The fourth-order valence-electron chi connectivity index (χ4n) is 1.88. The van der Waals surface area contributed by atoms with Gasteiger partial charge in [0, 0.05) is 0 Å². The summed E-state index contributed by atoms with van der Waals surface area (Å²) in [4.78, 5) is 9.98. The maximum atomic E-state index is 11.1. The normalized spacial score (nSPS) is 13.7. The van der Waals surface area contributed by atoms with Gasteiger partial charge in [0.2, 0.25) is 5.76 Å². The highest BCUT2D eigenvalue weighted by Crippen LogP contribution is 2.46. The van der Waals surface area contributed by atoms with Crippen LogP contribution in [0.1, 0.15) is 26.7 Å². The molecular formula is C13H12Br2N2O4. The van der Waals surface area contributed by atoms with Crippen LogP contribution in [-0.2, 0) is 0 Å². The molecule has 1 heterocycles. The third-order valence-electron chi connectivity index (χ3n) is 2.98. The minimum absolute atomic E-state index is 0.102. The first kappa shape index (κ1) is 16.0. The second kappa shape index (κ2) is 6.57. The summed E-state index contributed by atoms with van der Waals surface area (Å²) in [6, 6.07) is 7.40. The number of methoxy groups -OCH3 is 1. The molecule has 0 saturated carbocycles.